The van der Waals surface area contributed by atoms with Crippen LogP contribution < -0.4 is 10.6 Å². The quantitative estimate of drug-likeness (QED) is 0.809. The van der Waals surface area contributed by atoms with Gasteiger partial charge in [0.1, 0.15) is 0 Å². The maximum atomic E-state index is 12.3. The minimum atomic E-state index is 0.0682. The van der Waals surface area contributed by atoms with Crippen LogP contribution in [0.1, 0.15) is 78.6 Å². The van der Waals surface area contributed by atoms with Crippen molar-refractivity contribution in [2.24, 2.45) is 22.7 Å². The van der Waals surface area contributed by atoms with E-state index in [2.05, 4.69) is 31.4 Å². The largest absolute Gasteiger partial charge is 0.355 e. The van der Waals surface area contributed by atoms with Crippen molar-refractivity contribution >= 4 is 11.8 Å². The van der Waals surface area contributed by atoms with Crippen LogP contribution in [0, 0.1) is 22.7 Å². The zero-order chi connectivity index (χ0) is 17.4. The second-order valence-corrected chi connectivity index (χ2v) is 9.74. The summed E-state index contributed by atoms with van der Waals surface area (Å²) in [5, 5.41) is 6.51. The van der Waals surface area contributed by atoms with Gasteiger partial charge in [0.05, 0.1) is 0 Å². The Balaban J connectivity index is 1.56. The van der Waals surface area contributed by atoms with Gasteiger partial charge in [0.15, 0.2) is 0 Å². The topological polar surface area (TPSA) is 58.2 Å². The molecule has 3 aliphatic rings. The molecule has 3 aliphatic carbocycles. The average molecular weight is 335 g/mol. The van der Waals surface area contributed by atoms with Crippen LogP contribution in [0.15, 0.2) is 0 Å². The summed E-state index contributed by atoms with van der Waals surface area (Å²) < 4.78 is 0. The van der Waals surface area contributed by atoms with Gasteiger partial charge >= 0.3 is 0 Å². The summed E-state index contributed by atoms with van der Waals surface area (Å²) in [7, 11) is 0. The van der Waals surface area contributed by atoms with Crippen LogP contribution in [-0.4, -0.2) is 24.4 Å². The highest BCUT2D eigenvalue weighted by Gasteiger charge is 2.42. The van der Waals surface area contributed by atoms with E-state index < -0.39 is 0 Å². The lowest BCUT2D eigenvalue weighted by Crippen LogP contribution is -2.52. The van der Waals surface area contributed by atoms with Crippen LogP contribution in [0.25, 0.3) is 0 Å². The summed E-state index contributed by atoms with van der Waals surface area (Å²) in [6, 6.07) is 0.243. The highest BCUT2D eigenvalue weighted by atomic mass is 16.2. The molecule has 2 atom stereocenters. The van der Waals surface area contributed by atoms with Crippen molar-refractivity contribution in [1.29, 1.82) is 0 Å². The van der Waals surface area contributed by atoms with Gasteiger partial charge in [-0.3, -0.25) is 9.59 Å². The van der Waals surface area contributed by atoms with Crippen LogP contribution in [0.4, 0.5) is 0 Å². The number of amides is 2. The van der Waals surface area contributed by atoms with Gasteiger partial charge in [-0.1, -0.05) is 33.6 Å². The molecule has 0 radical (unpaired) electrons. The van der Waals surface area contributed by atoms with E-state index in [1.807, 2.05) is 0 Å². The zero-order valence-corrected chi connectivity index (χ0v) is 15.6. The fraction of sp³-hybridized carbons (Fsp3) is 0.900. The first-order valence-electron chi connectivity index (χ1n) is 9.85. The molecule has 2 amide bonds. The van der Waals surface area contributed by atoms with E-state index in [4.69, 9.17) is 0 Å². The van der Waals surface area contributed by atoms with Crippen molar-refractivity contribution < 1.29 is 9.59 Å². The average Bonchev–Trinajstić information content (AvgIpc) is 2.29. The van der Waals surface area contributed by atoms with E-state index in [-0.39, 0.29) is 40.5 Å². The Hall–Kier alpha value is -1.06. The molecule has 0 saturated heterocycles. The second kappa shape index (κ2) is 6.68. The standard InChI is InChI=1S/C20H34N2O2/c1-19(2)10-16(22-18(24)15-8-5-9-15)11-20(3,12-19)13-21-17(23)14-6-4-7-14/h14-16H,4-13H2,1-3H3,(H,21,23)(H,22,24). The van der Waals surface area contributed by atoms with Gasteiger partial charge in [0.25, 0.3) is 0 Å². The fourth-order valence-corrected chi connectivity index (χ4v) is 4.98. The van der Waals surface area contributed by atoms with E-state index >= 15 is 0 Å². The van der Waals surface area contributed by atoms with Crippen LogP contribution in [0.5, 0.6) is 0 Å². The molecule has 3 fully saturated rings. The van der Waals surface area contributed by atoms with Gasteiger partial charge in [-0.05, 0) is 55.8 Å². The summed E-state index contributed by atoms with van der Waals surface area (Å²) >= 11 is 0. The monoisotopic (exact) mass is 334 g/mol. The Bertz CT molecular complexity index is 494. The molecule has 24 heavy (non-hydrogen) atoms. The first-order valence-corrected chi connectivity index (χ1v) is 9.85. The molecule has 0 aromatic carbocycles. The lowest BCUT2D eigenvalue weighted by molar-refractivity contribution is -0.130. The molecule has 4 nitrogen and oxygen atoms in total. The number of hydrogen-bond acceptors (Lipinski definition) is 2. The number of hydrogen-bond donors (Lipinski definition) is 2. The molecule has 0 spiro atoms. The smallest absolute Gasteiger partial charge is 0.223 e. The minimum Gasteiger partial charge on any atom is -0.355 e. The van der Waals surface area contributed by atoms with Crippen molar-refractivity contribution in [1.82, 2.24) is 10.6 Å². The summed E-state index contributed by atoms with van der Waals surface area (Å²) in [4.78, 5) is 24.5. The highest BCUT2D eigenvalue weighted by molar-refractivity contribution is 5.80. The maximum Gasteiger partial charge on any atom is 0.223 e. The molecule has 136 valence electrons. The lowest BCUT2D eigenvalue weighted by atomic mass is 9.62. The number of nitrogens with one attached hydrogen (secondary N) is 2. The molecule has 2 unspecified atom stereocenters. The molecular formula is C20H34N2O2. The Morgan fingerprint density at radius 3 is 2.04 bits per heavy atom. The normalized spacial score (nSPS) is 33.2. The predicted molar refractivity (Wildman–Crippen MR) is 95.4 cm³/mol. The molecule has 3 saturated carbocycles. The summed E-state index contributed by atoms with van der Waals surface area (Å²) in [6.45, 7) is 7.60. The van der Waals surface area contributed by atoms with Crippen molar-refractivity contribution in [3.05, 3.63) is 0 Å². The Morgan fingerprint density at radius 1 is 0.917 bits per heavy atom. The molecule has 2 N–H and O–H groups in total. The third kappa shape index (κ3) is 4.12. The first-order chi connectivity index (χ1) is 11.3. The molecule has 0 heterocycles. The third-order valence-electron chi connectivity index (χ3n) is 6.43. The van der Waals surface area contributed by atoms with Crippen LogP contribution in [0.3, 0.4) is 0 Å². The van der Waals surface area contributed by atoms with E-state index in [0.717, 1.165) is 51.5 Å². The summed E-state index contributed by atoms with van der Waals surface area (Å²) in [5.41, 5.74) is 0.268. The third-order valence-corrected chi connectivity index (χ3v) is 6.43. The molecule has 0 aliphatic heterocycles. The van der Waals surface area contributed by atoms with Crippen molar-refractivity contribution in [3.8, 4) is 0 Å². The number of carbonyl (C=O) groups is 2. The molecule has 0 aromatic rings. The van der Waals surface area contributed by atoms with Gasteiger partial charge in [-0.15, -0.1) is 0 Å². The predicted octanol–water partition coefficient (Wildman–Crippen LogP) is 3.40. The van der Waals surface area contributed by atoms with Gasteiger partial charge in [-0.2, -0.15) is 0 Å². The van der Waals surface area contributed by atoms with Crippen molar-refractivity contribution in [3.63, 3.8) is 0 Å². The maximum absolute atomic E-state index is 12.3. The molecule has 0 bridgehead atoms. The van der Waals surface area contributed by atoms with E-state index in [1.165, 1.54) is 12.8 Å². The Morgan fingerprint density at radius 2 is 1.50 bits per heavy atom. The van der Waals surface area contributed by atoms with E-state index in [1.54, 1.807) is 0 Å². The number of rotatable bonds is 5. The fourth-order valence-electron chi connectivity index (χ4n) is 4.98. The highest BCUT2D eigenvalue weighted by Crippen LogP contribution is 2.46. The SMILES string of the molecule is CC1(C)CC(NC(=O)C2CCC2)CC(C)(CNC(=O)C2CCC2)C1. The first kappa shape index (κ1) is 17.8. The molecule has 3 rings (SSSR count). The van der Waals surface area contributed by atoms with Crippen molar-refractivity contribution in [2.75, 3.05) is 6.54 Å². The molecular weight excluding hydrogens is 300 g/mol. The van der Waals surface area contributed by atoms with Gasteiger partial charge in [-0.25, -0.2) is 0 Å². The summed E-state index contributed by atoms with van der Waals surface area (Å²) in [5.74, 6) is 0.990. The minimum absolute atomic E-state index is 0.0682. The molecule has 0 aromatic heterocycles. The van der Waals surface area contributed by atoms with Crippen molar-refractivity contribution in [2.45, 2.75) is 84.6 Å². The Kier molecular flexibility index (Phi) is 4.94. The van der Waals surface area contributed by atoms with Crippen LogP contribution in [-0.2, 0) is 9.59 Å². The van der Waals surface area contributed by atoms with Gasteiger partial charge < -0.3 is 10.6 Å². The zero-order valence-electron chi connectivity index (χ0n) is 15.6. The van der Waals surface area contributed by atoms with Gasteiger partial charge in [0, 0.05) is 24.4 Å². The van der Waals surface area contributed by atoms with E-state index in [0.29, 0.717) is 0 Å². The lowest BCUT2D eigenvalue weighted by Gasteiger charge is -2.47. The van der Waals surface area contributed by atoms with Crippen LogP contribution in [0.2, 0.25) is 0 Å². The van der Waals surface area contributed by atoms with Crippen LogP contribution >= 0.6 is 0 Å². The second-order valence-electron chi connectivity index (χ2n) is 9.74. The summed E-state index contributed by atoms with van der Waals surface area (Å²) in [6.07, 6.45) is 9.70. The van der Waals surface area contributed by atoms with Gasteiger partial charge in [0.2, 0.25) is 11.8 Å². The Labute approximate surface area is 146 Å². The number of carbonyl (C=O) groups excluding carboxylic acids is 2. The molecule has 4 heteroatoms. The van der Waals surface area contributed by atoms with E-state index in [9.17, 15) is 9.59 Å².